The van der Waals surface area contributed by atoms with Gasteiger partial charge in [0, 0.05) is 11.8 Å². The number of hydrogen-bond acceptors (Lipinski definition) is 10. The number of ether oxygens (including phenoxy) is 4. The average Bonchev–Trinajstić information content (AvgIpc) is 3.27. The fourth-order valence-corrected chi connectivity index (χ4v) is 5.86. The molecule has 0 aromatic heterocycles. The van der Waals surface area contributed by atoms with Gasteiger partial charge >= 0.3 is 18.1 Å². The molecule has 3 fully saturated rings. The van der Waals surface area contributed by atoms with Gasteiger partial charge in [-0.05, 0) is 33.1 Å². The molecule has 10 nitrogen and oxygen atoms in total. The van der Waals surface area contributed by atoms with Crippen LogP contribution in [0.1, 0.15) is 40.0 Å². The van der Waals surface area contributed by atoms with E-state index in [9.17, 15) is 22.8 Å². The van der Waals surface area contributed by atoms with Crippen LogP contribution in [0, 0.1) is 17.3 Å². The first-order valence-corrected chi connectivity index (χ1v) is 11.1. The van der Waals surface area contributed by atoms with Gasteiger partial charge in [0.25, 0.3) is 10.1 Å². The molecule has 2 saturated carbocycles. The summed E-state index contributed by atoms with van der Waals surface area (Å²) in [4.78, 5) is 35.2. The first-order valence-electron chi connectivity index (χ1n) is 9.63. The van der Waals surface area contributed by atoms with Gasteiger partial charge in [0.05, 0.1) is 10.7 Å². The highest BCUT2D eigenvalue weighted by Gasteiger charge is 2.65. The van der Waals surface area contributed by atoms with Gasteiger partial charge in [-0.1, -0.05) is 6.92 Å². The van der Waals surface area contributed by atoms with E-state index in [1.807, 2.05) is 6.92 Å². The van der Waals surface area contributed by atoms with Crippen LogP contribution in [0.2, 0.25) is 0 Å². The molecule has 5 unspecified atom stereocenters. The maximum atomic E-state index is 11.9. The lowest BCUT2D eigenvalue weighted by Gasteiger charge is -2.24. The fourth-order valence-electron chi connectivity index (χ4n) is 3.98. The summed E-state index contributed by atoms with van der Waals surface area (Å²) >= 11 is 0. The third kappa shape index (κ3) is 4.50. The number of esters is 2. The number of hydrogen-bond donors (Lipinski definition) is 0. The molecule has 1 saturated heterocycles. The molecule has 1 aliphatic heterocycles. The van der Waals surface area contributed by atoms with E-state index < -0.39 is 51.7 Å². The van der Waals surface area contributed by atoms with E-state index in [-0.39, 0.29) is 31.0 Å². The molecule has 3 rings (SSSR count). The Morgan fingerprint density at radius 1 is 1.07 bits per heavy atom. The van der Waals surface area contributed by atoms with Crippen LogP contribution in [0.4, 0.5) is 4.79 Å². The van der Waals surface area contributed by atoms with Crippen LogP contribution in [0.15, 0.2) is 0 Å². The lowest BCUT2D eigenvalue weighted by molar-refractivity contribution is -0.160. The zero-order valence-electron chi connectivity index (χ0n) is 16.6. The maximum absolute atomic E-state index is 11.9. The Labute approximate surface area is 169 Å². The molecule has 0 aromatic carbocycles. The number of rotatable bonds is 8. The highest BCUT2D eigenvalue weighted by atomic mass is 32.2. The summed E-state index contributed by atoms with van der Waals surface area (Å²) in [5, 5.41) is -0.514. The summed E-state index contributed by atoms with van der Waals surface area (Å²) < 4.78 is 48.6. The van der Waals surface area contributed by atoms with Crippen molar-refractivity contribution >= 4 is 28.2 Å². The van der Waals surface area contributed by atoms with Gasteiger partial charge in [0.15, 0.2) is 6.61 Å². The zero-order chi connectivity index (χ0) is 21.4. The van der Waals surface area contributed by atoms with Crippen LogP contribution in [0.5, 0.6) is 0 Å². The van der Waals surface area contributed by atoms with Crippen LogP contribution in [0.3, 0.4) is 0 Å². The maximum Gasteiger partial charge on any atom is 0.509 e. The molecule has 0 amide bonds. The van der Waals surface area contributed by atoms with Crippen LogP contribution in [-0.2, 0) is 42.8 Å². The highest BCUT2D eigenvalue weighted by molar-refractivity contribution is 7.87. The summed E-state index contributed by atoms with van der Waals surface area (Å²) in [5.74, 6) is -1.46. The summed E-state index contributed by atoms with van der Waals surface area (Å²) in [6, 6.07) is 0. The quantitative estimate of drug-likeness (QED) is 0.237. The second-order valence-corrected chi connectivity index (χ2v) is 9.99. The molecule has 0 spiro atoms. The third-order valence-electron chi connectivity index (χ3n) is 5.97. The Hall–Kier alpha value is -1.88. The smallest absolute Gasteiger partial charge is 0.462 e. The fraction of sp³-hybridized carbons (Fsp3) is 0.833. The van der Waals surface area contributed by atoms with E-state index in [1.54, 1.807) is 13.8 Å². The third-order valence-corrected chi connectivity index (χ3v) is 7.74. The van der Waals surface area contributed by atoms with Gasteiger partial charge in [0.2, 0.25) is 0 Å². The molecule has 29 heavy (non-hydrogen) atoms. The SMILES string of the molecule is CCC(C)(C)C(=O)OCCOC(=O)COC(=O)OC1C2CC3C1OS(=O)(=O)C3C2. The van der Waals surface area contributed by atoms with E-state index in [2.05, 4.69) is 0 Å². The highest BCUT2D eigenvalue weighted by Crippen LogP contribution is 2.55. The molecule has 2 bridgehead atoms. The molecule has 164 valence electrons. The molecule has 1 heterocycles. The van der Waals surface area contributed by atoms with Crippen molar-refractivity contribution in [2.24, 2.45) is 17.3 Å². The van der Waals surface area contributed by atoms with Gasteiger partial charge < -0.3 is 18.9 Å². The molecule has 0 aromatic rings. The molecule has 2 aliphatic carbocycles. The molecular formula is C18H26O10S. The van der Waals surface area contributed by atoms with E-state index in [0.29, 0.717) is 19.3 Å². The van der Waals surface area contributed by atoms with Crippen molar-refractivity contribution < 1.29 is 45.9 Å². The van der Waals surface area contributed by atoms with Crippen LogP contribution in [-0.4, -0.2) is 63.8 Å². The van der Waals surface area contributed by atoms with Crippen molar-refractivity contribution in [3.05, 3.63) is 0 Å². The summed E-state index contributed by atoms with van der Waals surface area (Å²) in [6.07, 6.45) is -0.814. The van der Waals surface area contributed by atoms with Crippen LogP contribution < -0.4 is 0 Å². The molecular weight excluding hydrogens is 408 g/mol. The standard InChI is InChI=1S/C18H26O10S/c1-4-18(2,3)16(20)25-6-5-24-13(19)9-26-17(21)27-14-10-7-11-12(8-10)29(22,23)28-15(11)14/h10-12,14-15H,4-9H2,1-3H3. The molecule has 0 N–H and O–H groups in total. The molecule has 3 aliphatic rings. The van der Waals surface area contributed by atoms with Crippen molar-refractivity contribution in [3.8, 4) is 0 Å². The topological polar surface area (TPSA) is 132 Å². The Kier molecular flexibility index (Phi) is 6.09. The second-order valence-electron chi connectivity index (χ2n) is 8.20. The van der Waals surface area contributed by atoms with Gasteiger partial charge in [-0.25, -0.2) is 9.59 Å². The van der Waals surface area contributed by atoms with E-state index >= 15 is 0 Å². The monoisotopic (exact) mass is 434 g/mol. The molecule has 11 heteroatoms. The van der Waals surface area contributed by atoms with E-state index in [1.165, 1.54) is 0 Å². The van der Waals surface area contributed by atoms with Gasteiger partial charge in [-0.3, -0.25) is 8.98 Å². The number of carbonyl (C=O) groups is 3. The van der Waals surface area contributed by atoms with Crippen molar-refractivity contribution in [2.45, 2.75) is 57.5 Å². The van der Waals surface area contributed by atoms with E-state index in [4.69, 9.17) is 23.1 Å². The first-order chi connectivity index (χ1) is 13.5. The summed E-state index contributed by atoms with van der Waals surface area (Å²) in [5.41, 5.74) is -0.612. The van der Waals surface area contributed by atoms with Crippen molar-refractivity contribution in [2.75, 3.05) is 19.8 Å². The Bertz CT molecular complexity index is 774. The number of fused-ring (bicyclic) bond motifs is 1. The van der Waals surface area contributed by atoms with Gasteiger partial charge in [0.1, 0.15) is 25.4 Å². The van der Waals surface area contributed by atoms with Crippen LogP contribution >= 0.6 is 0 Å². The lowest BCUT2D eigenvalue weighted by Crippen LogP contribution is -2.37. The van der Waals surface area contributed by atoms with Crippen LogP contribution in [0.25, 0.3) is 0 Å². The van der Waals surface area contributed by atoms with Crippen molar-refractivity contribution in [1.29, 1.82) is 0 Å². The largest absolute Gasteiger partial charge is 0.509 e. The normalized spacial score (nSPS) is 31.3. The number of carbonyl (C=O) groups excluding carboxylic acids is 3. The lowest BCUT2D eigenvalue weighted by atomic mass is 9.91. The van der Waals surface area contributed by atoms with E-state index in [0.717, 1.165) is 0 Å². The second kappa shape index (κ2) is 8.10. The summed E-state index contributed by atoms with van der Waals surface area (Å²) in [7, 11) is -3.60. The summed E-state index contributed by atoms with van der Waals surface area (Å²) in [6.45, 7) is 4.44. The van der Waals surface area contributed by atoms with Crippen molar-refractivity contribution in [1.82, 2.24) is 0 Å². The predicted molar refractivity (Wildman–Crippen MR) is 96.0 cm³/mol. The van der Waals surface area contributed by atoms with Gasteiger partial charge in [-0.2, -0.15) is 8.42 Å². The predicted octanol–water partition coefficient (Wildman–Crippen LogP) is 1.17. The Morgan fingerprint density at radius 3 is 2.45 bits per heavy atom. The van der Waals surface area contributed by atoms with Crippen molar-refractivity contribution in [3.63, 3.8) is 0 Å². The zero-order valence-corrected chi connectivity index (χ0v) is 17.4. The minimum absolute atomic E-state index is 0.0890. The molecule has 0 radical (unpaired) electrons. The Morgan fingerprint density at radius 2 is 1.76 bits per heavy atom. The van der Waals surface area contributed by atoms with Gasteiger partial charge in [-0.15, -0.1) is 0 Å². The first kappa shape index (κ1) is 21.8. The molecule has 5 atom stereocenters. The average molecular weight is 434 g/mol. The Balaban J connectivity index is 1.33. The minimum atomic E-state index is -3.60. The minimum Gasteiger partial charge on any atom is -0.462 e.